The van der Waals surface area contributed by atoms with Crippen LogP contribution in [0.25, 0.3) is 0 Å². The van der Waals surface area contributed by atoms with Gasteiger partial charge in [-0.1, -0.05) is 18.2 Å². The van der Waals surface area contributed by atoms with Gasteiger partial charge < -0.3 is 16.0 Å². The Balaban J connectivity index is 1.93. The molecule has 0 saturated carbocycles. The van der Waals surface area contributed by atoms with Crippen molar-refractivity contribution >= 4 is 28.9 Å². The largest absolute Gasteiger partial charge is 0.376 e. The van der Waals surface area contributed by atoms with Gasteiger partial charge in [0.2, 0.25) is 11.8 Å². The highest BCUT2D eigenvalue weighted by Gasteiger charge is 2.06. The Morgan fingerprint density at radius 1 is 1.00 bits per heavy atom. The van der Waals surface area contributed by atoms with Gasteiger partial charge in [0, 0.05) is 18.3 Å². The standard InChI is InChI=1S/C16H16FN3O2/c1-11(21)19-15-9-13(7-8-14(15)17)18-10-16(22)20-12-5-3-2-4-6-12/h2-9,18H,10H2,1H3,(H,19,21)(H,20,22). The van der Waals surface area contributed by atoms with Crippen LogP contribution in [0.5, 0.6) is 0 Å². The molecule has 22 heavy (non-hydrogen) atoms. The molecule has 0 unspecified atom stereocenters. The van der Waals surface area contributed by atoms with Crippen molar-refractivity contribution in [1.82, 2.24) is 0 Å². The molecule has 3 N–H and O–H groups in total. The molecule has 0 aliphatic rings. The van der Waals surface area contributed by atoms with Gasteiger partial charge in [0.25, 0.3) is 0 Å². The van der Waals surface area contributed by atoms with Crippen molar-refractivity contribution in [2.45, 2.75) is 6.92 Å². The Hall–Kier alpha value is -2.89. The number of carbonyl (C=O) groups is 2. The SMILES string of the molecule is CC(=O)Nc1cc(NCC(=O)Nc2ccccc2)ccc1F. The van der Waals surface area contributed by atoms with Gasteiger partial charge in [0.05, 0.1) is 12.2 Å². The van der Waals surface area contributed by atoms with E-state index in [1.165, 1.54) is 25.1 Å². The van der Waals surface area contributed by atoms with Gasteiger partial charge in [-0.15, -0.1) is 0 Å². The maximum Gasteiger partial charge on any atom is 0.243 e. The summed E-state index contributed by atoms with van der Waals surface area (Å²) in [6.07, 6.45) is 0. The number of halogens is 1. The molecular weight excluding hydrogens is 285 g/mol. The molecule has 0 aliphatic heterocycles. The molecule has 0 aromatic heterocycles. The van der Waals surface area contributed by atoms with Gasteiger partial charge in [-0.2, -0.15) is 0 Å². The molecule has 2 aromatic carbocycles. The van der Waals surface area contributed by atoms with Crippen LogP contribution in [-0.4, -0.2) is 18.4 Å². The molecule has 0 radical (unpaired) electrons. The van der Waals surface area contributed by atoms with E-state index in [9.17, 15) is 14.0 Å². The van der Waals surface area contributed by atoms with Crippen LogP contribution in [0.1, 0.15) is 6.92 Å². The van der Waals surface area contributed by atoms with Crippen LogP contribution < -0.4 is 16.0 Å². The molecule has 5 nitrogen and oxygen atoms in total. The van der Waals surface area contributed by atoms with E-state index >= 15 is 0 Å². The summed E-state index contributed by atoms with van der Waals surface area (Å²) in [5.41, 5.74) is 1.31. The van der Waals surface area contributed by atoms with Crippen molar-refractivity contribution in [2.75, 3.05) is 22.5 Å². The van der Waals surface area contributed by atoms with Crippen LogP contribution in [-0.2, 0) is 9.59 Å². The number of hydrogen-bond donors (Lipinski definition) is 3. The third-order valence-electron chi connectivity index (χ3n) is 2.79. The lowest BCUT2D eigenvalue weighted by atomic mass is 10.2. The lowest BCUT2D eigenvalue weighted by Crippen LogP contribution is -2.21. The van der Waals surface area contributed by atoms with Gasteiger partial charge in [0.1, 0.15) is 5.82 Å². The molecule has 0 aliphatic carbocycles. The molecule has 0 atom stereocenters. The van der Waals surface area contributed by atoms with Crippen LogP contribution in [0, 0.1) is 5.82 Å². The molecule has 6 heteroatoms. The van der Waals surface area contributed by atoms with Crippen molar-refractivity contribution in [3.05, 3.63) is 54.3 Å². The fraction of sp³-hybridized carbons (Fsp3) is 0.125. The highest BCUT2D eigenvalue weighted by atomic mass is 19.1. The Labute approximate surface area is 127 Å². The second kappa shape index (κ2) is 7.21. The lowest BCUT2D eigenvalue weighted by molar-refractivity contribution is -0.115. The average molecular weight is 301 g/mol. The number of hydrogen-bond acceptors (Lipinski definition) is 3. The molecule has 0 saturated heterocycles. The van der Waals surface area contributed by atoms with Gasteiger partial charge in [0.15, 0.2) is 0 Å². The summed E-state index contributed by atoms with van der Waals surface area (Å²) in [6, 6.07) is 13.2. The first kappa shape index (κ1) is 15.5. The van der Waals surface area contributed by atoms with Crippen LogP contribution in [0.3, 0.4) is 0 Å². The monoisotopic (exact) mass is 301 g/mol. The summed E-state index contributed by atoms with van der Waals surface area (Å²) >= 11 is 0. The Kier molecular flexibility index (Phi) is 5.08. The molecule has 0 spiro atoms. The van der Waals surface area contributed by atoms with Gasteiger partial charge in [-0.05, 0) is 30.3 Å². The third kappa shape index (κ3) is 4.59. The minimum absolute atomic E-state index is 0.0278. The summed E-state index contributed by atoms with van der Waals surface area (Å²) < 4.78 is 13.5. The maximum absolute atomic E-state index is 13.5. The number of para-hydroxylation sites is 1. The second-order valence-electron chi connectivity index (χ2n) is 4.64. The van der Waals surface area contributed by atoms with Gasteiger partial charge in [-0.3, -0.25) is 9.59 Å². The summed E-state index contributed by atoms with van der Waals surface area (Å²) in [5, 5.41) is 7.99. The highest BCUT2D eigenvalue weighted by molar-refractivity contribution is 5.94. The Morgan fingerprint density at radius 3 is 2.41 bits per heavy atom. The molecule has 2 amide bonds. The minimum atomic E-state index is -0.533. The fourth-order valence-electron chi connectivity index (χ4n) is 1.83. The van der Waals surface area contributed by atoms with Crippen LogP contribution in [0.15, 0.2) is 48.5 Å². The van der Waals surface area contributed by atoms with Gasteiger partial charge >= 0.3 is 0 Å². The zero-order valence-electron chi connectivity index (χ0n) is 12.0. The van der Waals surface area contributed by atoms with Crippen LogP contribution >= 0.6 is 0 Å². The predicted molar refractivity (Wildman–Crippen MR) is 84.3 cm³/mol. The molecule has 0 heterocycles. The quantitative estimate of drug-likeness (QED) is 0.795. The van der Waals surface area contributed by atoms with E-state index in [0.717, 1.165) is 0 Å². The maximum atomic E-state index is 13.5. The van der Waals surface area contributed by atoms with E-state index in [4.69, 9.17) is 0 Å². The number of carbonyl (C=O) groups excluding carboxylic acids is 2. The van der Waals surface area contributed by atoms with E-state index in [0.29, 0.717) is 11.4 Å². The van der Waals surface area contributed by atoms with Gasteiger partial charge in [-0.25, -0.2) is 4.39 Å². The van der Waals surface area contributed by atoms with E-state index < -0.39 is 5.82 Å². The highest BCUT2D eigenvalue weighted by Crippen LogP contribution is 2.19. The topological polar surface area (TPSA) is 70.2 Å². The summed E-state index contributed by atoms with van der Waals surface area (Å²) in [4.78, 5) is 22.8. The van der Waals surface area contributed by atoms with Crippen LogP contribution in [0.2, 0.25) is 0 Å². The van der Waals surface area contributed by atoms with E-state index in [-0.39, 0.29) is 24.0 Å². The summed E-state index contributed by atoms with van der Waals surface area (Å²) in [5.74, 6) is -1.12. The Morgan fingerprint density at radius 2 is 1.73 bits per heavy atom. The zero-order chi connectivity index (χ0) is 15.9. The molecular formula is C16H16FN3O2. The van der Waals surface area contributed by atoms with E-state index in [1.807, 2.05) is 18.2 Å². The van der Waals surface area contributed by atoms with Crippen molar-refractivity contribution in [1.29, 1.82) is 0 Å². The number of anilines is 3. The molecule has 0 fully saturated rings. The van der Waals surface area contributed by atoms with Crippen molar-refractivity contribution in [3.8, 4) is 0 Å². The number of amides is 2. The fourth-order valence-corrected chi connectivity index (χ4v) is 1.83. The minimum Gasteiger partial charge on any atom is -0.376 e. The molecule has 114 valence electrons. The summed E-state index contributed by atoms with van der Waals surface area (Å²) in [7, 11) is 0. The average Bonchev–Trinajstić information content (AvgIpc) is 2.48. The molecule has 0 bridgehead atoms. The van der Waals surface area contributed by atoms with E-state index in [1.54, 1.807) is 12.1 Å². The first-order valence-electron chi connectivity index (χ1n) is 6.70. The number of benzene rings is 2. The zero-order valence-corrected chi connectivity index (χ0v) is 12.0. The first-order valence-corrected chi connectivity index (χ1v) is 6.70. The molecule has 2 rings (SSSR count). The first-order chi connectivity index (χ1) is 10.5. The van der Waals surface area contributed by atoms with Crippen molar-refractivity contribution < 1.29 is 14.0 Å². The Bertz CT molecular complexity index is 674. The number of nitrogens with one attached hydrogen (secondary N) is 3. The smallest absolute Gasteiger partial charge is 0.243 e. The molecule has 2 aromatic rings. The third-order valence-corrected chi connectivity index (χ3v) is 2.79. The lowest BCUT2D eigenvalue weighted by Gasteiger charge is -2.10. The van der Waals surface area contributed by atoms with Crippen LogP contribution in [0.4, 0.5) is 21.5 Å². The predicted octanol–water partition coefficient (Wildman–Crippen LogP) is 2.83. The normalized spacial score (nSPS) is 9.91. The van der Waals surface area contributed by atoms with Crippen molar-refractivity contribution in [2.24, 2.45) is 0 Å². The number of rotatable bonds is 5. The summed E-state index contributed by atoms with van der Waals surface area (Å²) in [6.45, 7) is 1.33. The van der Waals surface area contributed by atoms with E-state index in [2.05, 4.69) is 16.0 Å². The van der Waals surface area contributed by atoms with Crippen molar-refractivity contribution in [3.63, 3.8) is 0 Å². The second-order valence-corrected chi connectivity index (χ2v) is 4.64.